The Kier molecular flexibility index (Phi) is 3.24. The van der Waals surface area contributed by atoms with E-state index >= 15 is 0 Å². The van der Waals surface area contributed by atoms with E-state index in [0.29, 0.717) is 21.9 Å². The van der Waals surface area contributed by atoms with Crippen molar-refractivity contribution in [2.24, 2.45) is 0 Å². The van der Waals surface area contributed by atoms with Gasteiger partial charge in [-0.25, -0.2) is 9.48 Å². The Morgan fingerprint density at radius 1 is 1.00 bits per heavy atom. The van der Waals surface area contributed by atoms with Gasteiger partial charge in [-0.05, 0) is 36.4 Å². The molecule has 112 valence electrons. The molecule has 0 saturated carbocycles. The van der Waals surface area contributed by atoms with E-state index in [1.807, 2.05) is 30.3 Å². The van der Waals surface area contributed by atoms with Gasteiger partial charge in [0.25, 0.3) is 0 Å². The number of fused-ring (bicyclic) bond motifs is 1. The molecule has 0 amide bonds. The van der Waals surface area contributed by atoms with Crippen molar-refractivity contribution < 1.29 is 4.42 Å². The molecule has 0 spiro atoms. The third kappa shape index (κ3) is 2.53. The number of rotatable bonds is 2. The smallest absolute Gasteiger partial charge is 0.345 e. The van der Waals surface area contributed by atoms with Crippen molar-refractivity contribution in [3.8, 4) is 16.9 Å². The lowest BCUT2D eigenvalue weighted by molar-refractivity contribution is 0.563. The van der Waals surface area contributed by atoms with Gasteiger partial charge in [0.05, 0.1) is 11.3 Å². The molecule has 0 aliphatic rings. The summed E-state index contributed by atoms with van der Waals surface area (Å²) in [6.45, 7) is 0. The number of benzene rings is 2. The molecule has 0 bridgehead atoms. The third-order valence-electron chi connectivity index (χ3n) is 3.58. The third-order valence-corrected chi connectivity index (χ3v) is 3.81. The highest BCUT2D eigenvalue weighted by atomic mass is 35.5. The molecule has 2 aromatic carbocycles. The first-order chi connectivity index (χ1) is 11.2. The molecule has 23 heavy (non-hydrogen) atoms. The van der Waals surface area contributed by atoms with Gasteiger partial charge in [0.1, 0.15) is 11.3 Å². The molecule has 2 aromatic heterocycles. The topological polar surface area (TPSA) is 48.0 Å². The summed E-state index contributed by atoms with van der Waals surface area (Å²) >= 11 is 6.00. The Labute approximate surface area is 136 Å². The lowest BCUT2D eigenvalue weighted by Gasteiger charge is -2.02. The molecule has 2 heterocycles. The van der Waals surface area contributed by atoms with E-state index in [1.54, 1.807) is 41.2 Å². The van der Waals surface area contributed by atoms with Crippen molar-refractivity contribution >= 4 is 22.6 Å². The minimum absolute atomic E-state index is 0.403. The summed E-state index contributed by atoms with van der Waals surface area (Å²) in [5, 5.41) is 5.95. The van der Waals surface area contributed by atoms with Gasteiger partial charge >= 0.3 is 5.63 Å². The Balaban J connectivity index is 1.83. The molecule has 0 fully saturated rings. The highest BCUT2D eigenvalue weighted by Gasteiger charge is 2.11. The second-order valence-electron chi connectivity index (χ2n) is 5.11. The van der Waals surface area contributed by atoms with Crippen LogP contribution >= 0.6 is 11.6 Å². The maximum absolute atomic E-state index is 12.2. The molecule has 4 rings (SSSR count). The predicted molar refractivity (Wildman–Crippen MR) is 90.1 cm³/mol. The summed E-state index contributed by atoms with van der Waals surface area (Å²) in [5.74, 6) is 0. The first-order valence-corrected chi connectivity index (χ1v) is 7.43. The lowest BCUT2D eigenvalue weighted by Crippen LogP contribution is -2.03. The van der Waals surface area contributed by atoms with Gasteiger partial charge in [0, 0.05) is 16.6 Å². The SMILES string of the molecule is O=c1oc2ccccc2cc1-c1ccn(-c2cccc(Cl)c2)n1. The maximum Gasteiger partial charge on any atom is 0.345 e. The van der Waals surface area contributed by atoms with E-state index in [2.05, 4.69) is 5.10 Å². The quantitative estimate of drug-likeness (QED) is 0.517. The molecule has 0 N–H and O–H groups in total. The number of hydrogen-bond acceptors (Lipinski definition) is 3. The van der Waals surface area contributed by atoms with Crippen LogP contribution < -0.4 is 5.63 Å². The van der Waals surface area contributed by atoms with Gasteiger partial charge in [-0.3, -0.25) is 0 Å². The van der Waals surface area contributed by atoms with Gasteiger partial charge in [0.2, 0.25) is 0 Å². The summed E-state index contributed by atoms with van der Waals surface area (Å²) in [4.78, 5) is 12.2. The lowest BCUT2D eigenvalue weighted by atomic mass is 10.1. The highest BCUT2D eigenvalue weighted by Crippen LogP contribution is 2.21. The van der Waals surface area contributed by atoms with Crippen molar-refractivity contribution in [2.45, 2.75) is 0 Å². The number of hydrogen-bond donors (Lipinski definition) is 0. The zero-order valence-electron chi connectivity index (χ0n) is 11.9. The van der Waals surface area contributed by atoms with Gasteiger partial charge < -0.3 is 4.42 Å². The van der Waals surface area contributed by atoms with E-state index in [1.165, 1.54) is 0 Å². The van der Waals surface area contributed by atoms with Crippen LogP contribution in [0.15, 0.2) is 76.1 Å². The second-order valence-corrected chi connectivity index (χ2v) is 5.55. The predicted octanol–water partition coefficient (Wildman–Crippen LogP) is 4.30. The van der Waals surface area contributed by atoms with Crippen LogP contribution in [0.3, 0.4) is 0 Å². The van der Waals surface area contributed by atoms with Crippen LogP contribution in [0.1, 0.15) is 0 Å². The molecule has 0 unspecified atom stereocenters. The fourth-order valence-corrected chi connectivity index (χ4v) is 2.66. The van der Waals surface area contributed by atoms with Gasteiger partial charge in [-0.15, -0.1) is 0 Å². The summed E-state index contributed by atoms with van der Waals surface area (Å²) in [5.41, 5.74) is 1.98. The fraction of sp³-hybridized carbons (Fsp3) is 0. The van der Waals surface area contributed by atoms with Crippen LogP contribution in [0.2, 0.25) is 5.02 Å². The van der Waals surface area contributed by atoms with E-state index < -0.39 is 5.63 Å². The van der Waals surface area contributed by atoms with Gasteiger partial charge in [-0.2, -0.15) is 5.10 Å². The summed E-state index contributed by atoms with van der Waals surface area (Å²) in [7, 11) is 0. The first kappa shape index (κ1) is 13.8. The molecule has 0 atom stereocenters. The number of nitrogens with zero attached hydrogens (tertiary/aromatic N) is 2. The van der Waals surface area contributed by atoms with Crippen LogP contribution in [0, 0.1) is 0 Å². The van der Waals surface area contributed by atoms with Crippen molar-refractivity contribution in [1.82, 2.24) is 9.78 Å². The van der Waals surface area contributed by atoms with E-state index in [4.69, 9.17) is 16.0 Å². The number of aromatic nitrogens is 2. The normalized spacial score (nSPS) is 11.0. The Morgan fingerprint density at radius 3 is 2.74 bits per heavy atom. The molecule has 0 saturated heterocycles. The Morgan fingerprint density at radius 2 is 1.87 bits per heavy atom. The van der Waals surface area contributed by atoms with Crippen LogP contribution in [0.25, 0.3) is 27.9 Å². The van der Waals surface area contributed by atoms with Crippen molar-refractivity contribution in [2.75, 3.05) is 0 Å². The first-order valence-electron chi connectivity index (χ1n) is 7.05. The van der Waals surface area contributed by atoms with E-state index in [0.717, 1.165) is 11.1 Å². The van der Waals surface area contributed by atoms with Gasteiger partial charge in [-0.1, -0.05) is 35.9 Å². The molecule has 0 aliphatic carbocycles. The van der Waals surface area contributed by atoms with E-state index in [-0.39, 0.29) is 0 Å². The van der Waals surface area contributed by atoms with Crippen LogP contribution in [-0.2, 0) is 0 Å². The Bertz CT molecular complexity index is 1070. The largest absolute Gasteiger partial charge is 0.422 e. The number of para-hydroxylation sites is 1. The summed E-state index contributed by atoms with van der Waals surface area (Å²) in [6.07, 6.45) is 1.79. The minimum atomic E-state index is -0.403. The van der Waals surface area contributed by atoms with Crippen molar-refractivity contribution in [3.63, 3.8) is 0 Å². The molecular formula is C18H11ClN2O2. The zero-order chi connectivity index (χ0) is 15.8. The standard InChI is InChI=1S/C18H11ClN2O2/c19-13-5-3-6-14(11-13)21-9-8-16(20-21)15-10-12-4-1-2-7-17(12)23-18(15)22/h1-11H. The van der Waals surface area contributed by atoms with Crippen LogP contribution in [0.5, 0.6) is 0 Å². The average Bonchev–Trinajstić information content (AvgIpc) is 3.04. The molecule has 4 aromatic rings. The fourth-order valence-electron chi connectivity index (χ4n) is 2.47. The molecule has 0 aliphatic heterocycles. The zero-order valence-corrected chi connectivity index (χ0v) is 12.7. The van der Waals surface area contributed by atoms with E-state index in [9.17, 15) is 4.79 Å². The molecule has 5 heteroatoms. The van der Waals surface area contributed by atoms with Crippen molar-refractivity contribution in [1.29, 1.82) is 0 Å². The number of halogens is 1. The highest BCUT2D eigenvalue weighted by molar-refractivity contribution is 6.30. The monoisotopic (exact) mass is 322 g/mol. The second kappa shape index (κ2) is 5.41. The summed E-state index contributed by atoms with van der Waals surface area (Å²) < 4.78 is 7.03. The minimum Gasteiger partial charge on any atom is -0.422 e. The maximum atomic E-state index is 12.2. The Hall–Kier alpha value is -2.85. The van der Waals surface area contributed by atoms with Crippen LogP contribution in [0.4, 0.5) is 0 Å². The van der Waals surface area contributed by atoms with Gasteiger partial charge in [0.15, 0.2) is 0 Å². The van der Waals surface area contributed by atoms with Crippen molar-refractivity contribution in [3.05, 3.63) is 82.3 Å². The molecular weight excluding hydrogens is 312 g/mol. The van der Waals surface area contributed by atoms with Crippen LogP contribution in [-0.4, -0.2) is 9.78 Å². The molecule has 4 nitrogen and oxygen atoms in total. The molecule has 0 radical (unpaired) electrons. The summed E-state index contributed by atoms with van der Waals surface area (Å²) in [6, 6.07) is 18.3. The average molecular weight is 323 g/mol.